The summed E-state index contributed by atoms with van der Waals surface area (Å²) in [6.07, 6.45) is 3.76. The van der Waals surface area contributed by atoms with E-state index in [-0.39, 0.29) is 11.6 Å². The Bertz CT molecular complexity index is 587. The zero-order valence-electron chi connectivity index (χ0n) is 11.9. The Hall–Kier alpha value is -2.48. The molecule has 0 spiro atoms. The number of aromatic nitrogens is 1. The summed E-state index contributed by atoms with van der Waals surface area (Å²) in [6.45, 7) is 0.892. The Labute approximate surface area is 121 Å². The zero-order valence-corrected chi connectivity index (χ0v) is 11.9. The van der Waals surface area contributed by atoms with Gasteiger partial charge in [0.15, 0.2) is 0 Å². The summed E-state index contributed by atoms with van der Waals surface area (Å²) in [6, 6.07) is 2.95. The Morgan fingerprint density at radius 1 is 1.57 bits per heavy atom. The molecule has 0 radical (unpaired) electrons. The van der Waals surface area contributed by atoms with Crippen molar-refractivity contribution in [3.05, 3.63) is 40.1 Å². The molecule has 1 amide bonds. The van der Waals surface area contributed by atoms with Crippen LogP contribution in [0.3, 0.4) is 0 Å². The average molecular weight is 292 g/mol. The molecule has 0 unspecified atom stereocenters. The molecule has 1 aromatic heterocycles. The van der Waals surface area contributed by atoms with Crippen LogP contribution in [0.25, 0.3) is 0 Å². The number of carbonyl (C=O) groups is 1. The van der Waals surface area contributed by atoms with E-state index in [1.165, 1.54) is 25.4 Å². The highest BCUT2D eigenvalue weighted by atomic mass is 16.7. The fourth-order valence-corrected chi connectivity index (χ4v) is 2.12. The fraction of sp³-hybridized carbons (Fsp3) is 0.385. The van der Waals surface area contributed by atoms with E-state index in [0.29, 0.717) is 30.9 Å². The van der Waals surface area contributed by atoms with E-state index < -0.39 is 4.92 Å². The summed E-state index contributed by atoms with van der Waals surface area (Å²) in [5.74, 6) is 0.123. The second-order valence-corrected chi connectivity index (χ2v) is 4.51. The predicted molar refractivity (Wildman–Crippen MR) is 75.6 cm³/mol. The first-order valence-corrected chi connectivity index (χ1v) is 6.40. The third kappa shape index (κ3) is 3.16. The molecule has 1 aromatic rings. The van der Waals surface area contributed by atoms with E-state index in [0.717, 1.165) is 5.06 Å². The number of nitrogens with zero attached hydrogens (tertiary/aromatic N) is 4. The largest absolute Gasteiger partial charge is 0.347 e. The first-order valence-electron chi connectivity index (χ1n) is 6.40. The van der Waals surface area contributed by atoms with Gasteiger partial charge in [0.05, 0.1) is 12.0 Å². The van der Waals surface area contributed by atoms with Gasteiger partial charge in [-0.1, -0.05) is 6.08 Å². The van der Waals surface area contributed by atoms with Gasteiger partial charge in [0, 0.05) is 38.0 Å². The Balaban J connectivity index is 2.16. The highest BCUT2D eigenvalue weighted by Crippen LogP contribution is 2.27. The number of likely N-dealkylation sites (N-methyl/N-ethyl adjacent to an activating group) is 1. The van der Waals surface area contributed by atoms with Crippen molar-refractivity contribution in [2.75, 3.05) is 32.1 Å². The number of hydrogen-bond donors (Lipinski definition) is 0. The molecule has 0 aliphatic carbocycles. The Morgan fingerprint density at radius 2 is 2.33 bits per heavy atom. The fourth-order valence-electron chi connectivity index (χ4n) is 2.12. The normalized spacial score (nSPS) is 14.6. The zero-order chi connectivity index (χ0) is 15.4. The van der Waals surface area contributed by atoms with Crippen LogP contribution in [0.1, 0.15) is 6.42 Å². The van der Waals surface area contributed by atoms with Crippen molar-refractivity contribution in [1.82, 2.24) is 10.0 Å². The molecule has 21 heavy (non-hydrogen) atoms. The molecule has 112 valence electrons. The molecule has 2 rings (SSSR count). The van der Waals surface area contributed by atoms with Gasteiger partial charge in [-0.3, -0.25) is 19.7 Å². The van der Waals surface area contributed by atoms with Crippen LogP contribution in [-0.2, 0) is 9.63 Å². The number of nitro groups is 1. The lowest BCUT2D eigenvalue weighted by atomic mass is 10.1. The van der Waals surface area contributed by atoms with Crippen LogP contribution < -0.4 is 4.90 Å². The SMILES string of the molecule is CON(C)C(=O)C1=CCN(c2ncccc2[N+](=O)[O-])CC1. The van der Waals surface area contributed by atoms with Gasteiger partial charge in [0.1, 0.15) is 0 Å². The molecule has 0 atom stereocenters. The molecule has 0 N–H and O–H groups in total. The van der Waals surface area contributed by atoms with Crippen LogP contribution in [-0.4, -0.2) is 48.1 Å². The van der Waals surface area contributed by atoms with Gasteiger partial charge in [-0.25, -0.2) is 10.0 Å². The molecule has 8 nitrogen and oxygen atoms in total. The van der Waals surface area contributed by atoms with Crippen molar-refractivity contribution in [3.63, 3.8) is 0 Å². The highest BCUT2D eigenvalue weighted by molar-refractivity contribution is 5.93. The highest BCUT2D eigenvalue weighted by Gasteiger charge is 2.25. The van der Waals surface area contributed by atoms with Crippen molar-refractivity contribution in [1.29, 1.82) is 0 Å². The standard InChI is InChI=1S/C13H16N4O4/c1-15(21-2)13(18)10-5-8-16(9-6-10)12-11(17(19)20)4-3-7-14-12/h3-5,7H,6,8-9H2,1-2H3. The molecule has 1 aliphatic heterocycles. The molecule has 8 heteroatoms. The quantitative estimate of drug-likeness (QED) is 0.611. The molecular formula is C13H16N4O4. The van der Waals surface area contributed by atoms with E-state index in [2.05, 4.69) is 4.98 Å². The van der Waals surface area contributed by atoms with Crippen LogP contribution in [0.15, 0.2) is 30.0 Å². The van der Waals surface area contributed by atoms with Gasteiger partial charge < -0.3 is 4.90 Å². The molecule has 2 heterocycles. The predicted octanol–water partition coefficient (Wildman–Crippen LogP) is 1.15. The minimum atomic E-state index is -0.453. The average Bonchev–Trinajstić information content (AvgIpc) is 2.53. The lowest BCUT2D eigenvalue weighted by Gasteiger charge is -2.27. The van der Waals surface area contributed by atoms with Gasteiger partial charge >= 0.3 is 5.69 Å². The Morgan fingerprint density at radius 3 is 2.90 bits per heavy atom. The van der Waals surface area contributed by atoms with E-state index in [1.807, 2.05) is 0 Å². The summed E-state index contributed by atoms with van der Waals surface area (Å²) < 4.78 is 0. The van der Waals surface area contributed by atoms with Crippen molar-refractivity contribution >= 4 is 17.4 Å². The first kappa shape index (κ1) is 14.9. The second-order valence-electron chi connectivity index (χ2n) is 4.51. The van der Waals surface area contributed by atoms with Crippen molar-refractivity contribution < 1.29 is 14.6 Å². The summed E-state index contributed by atoms with van der Waals surface area (Å²) in [7, 11) is 2.96. The monoisotopic (exact) mass is 292 g/mol. The molecule has 0 bridgehead atoms. The van der Waals surface area contributed by atoms with Crippen LogP contribution in [0.5, 0.6) is 0 Å². The van der Waals surface area contributed by atoms with Gasteiger partial charge in [-0.05, 0) is 12.5 Å². The molecule has 0 saturated heterocycles. The lowest BCUT2D eigenvalue weighted by Crippen LogP contribution is -2.35. The van der Waals surface area contributed by atoms with Gasteiger partial charge in [0.25, 0.3) is 5.91 Å². The first-order chi connectivity index (χ1) is 10.0. The third-order valence-electron chi connectivity index (χ3n) is 3.31. The van der Waals surface area contributed by atoms with E-state index in [9.17, 15) is 14.9 Å². The van der Waals surface area contributed by atoms with E-state index in [4.69, 9.17) is 4.84 Å². The summed E-state index contributed by atoms with van der Waals surface area (Å²) in [4.78, 5) is 33.2. The number of rotatable bonds is 4. The third-order valence-corrected chi connectivity index (χ3v) is 3.31. The van der Waals surface area contributed by atoms with E-state index in [1.54, 1.807) is 18.0 Å². The summed E-state index contributed by atoms with van der Waals surface area (Å²) in [5, 5.41) is 12.2. The molecule has 0 fully saturated rings. The lowest BCUT2D eigenvalue weighted by molar-refractivity contribution is -0.384. The topological polar surface area (TPSA) is 88.8 Å². The van der Waals surface area contributed by atoms with Crippen LogP contribution in [0.4, 0.5) is 11.5 Å². The van der Waals surface area contributed by atoms with Gasteiger partial charge in [0.2, 0.25) is 5.82 Å². The maximum atomic E-state index is 11.9. The maximum absolute atomic E-state index is 11.9. The molecule has 1 aliphatic rings. The molecular weight excluding hydrogens is 276 g/mol. The number of pyridine rings is 1. The number of hydroxylamine groups is 2. The van der Waals surface area contributed by atoms with Crippen molar-refractivity contribution in [2.45, 2.75) is 6.42 Å². The number of amides is 1. The maximum Gasteiger partial charge on any atom is 0.311 e. The van der Waals surface area contributed by atoms with Gasteiger partial charge in [-0.15, -0.1) is 0 Å². The summed E-state index contributed by atoms with van der Waals surface area (Å²) >= 11 is 0. The van der Waals surface area contributed by atoms with E-state index >= 15 is 0 Å². The van der Waals surface area contributed by atoms with Crippen LogP contribution >= 0.6 is 0 Å². The number of hydrogen-bond acceptors (Lipinski definition) is 6. The van der Waals surface area contributed by atoms with Crippen molar-refractivity contribution in [2.24, 2.45) is 0 Å². The van der Waals surface area contributed by atoms with Gasteiger partial charge in [-0.2, -0.15) is 0 Å². The minimum absolute atomic E-state index is 0.0327. The van der Waals surface area contributed by atoms with Crippen LogP contribution in [0.2, 0.25) is 0 Å². The minimum Gasteiger partial charge on any atom is -0.347 e. The smallest absolute Gasteiger partial charge is 0.311 e. The number of anilines is 1. The second kappa shape index (κ2) is 6.31. The molecule has 0 saturated carbocycles. The van der Waals surface area contributed by atoms with Crippen LogP contribution in [0, 0.1) is 10.1 Å². The van der Waals surface area contributed by atoms with Crippen molar-refractivity contribution in [3.8, 4) is 0 Å². The summed E-state index contributed by atoms with van der Waals surface area (Å²) in [5.41, 5.74) is 0.601. The Kier molecular flexibility index (Phi) is 4.49. The number of carbonyl (C=O) groups excluding carboxylic acids is 1. The molecule has 0 aromatic carbocycles.